The monoisotopic (exact) mass is 392 g/mol. The van der Waals surface area contributed by atoms with Gasteiger partial charge in [-0.2, -0.15) is 4.31 Å². The van der Waals surface area contributed by atoms with E-state index in [2.05, 4.69) is 5.32 Å². The van der Waals surface area contributed by atoms with Gasteiger partial charge in [-0.05, 0) is 55.3 Å². The molecule has 0 radical (unpaired) electrons. The maximum absolute atomic E-state index is 12.9. The number of carbonyl (C=O) groups excluding carboxylic acids is 1. The molecule has 7 heteroatoms. The van der Waals surface area contributed by atoms with Crippen LogP contribution in [0.5, 0.6) is 0 Å². The van der Waals surface area contributed by atoms with Crippen LogP contribution in [0.15, 0.2) is 39.9 Å². The van der Waals surface area contributed by atoms with Crippen molar-refractivity contribution in [2.45, 2.75) is 49.8 Å². The molecule has 1 aromatic heterocycles. The fourth-order valence-corrected chi connectivity index (χ4v) is 6.13. The number of piperidine rings is 1. The van der Waals surface area contributed by atoms with Gasteiger partial charge in [0, 0.05) is 24.7 Å². The third-order valence-corrected chi connectivity index (χ3v) is 8.26. The minimum atomic E-state index is -3.53. The average molecular weight is 393 g/mol. The second kappa shape index (κ2) is 7.90. The van der Waals surface area contributed by atoms with Gasteiger partial charge in [-0.1, -0.05) is 24.6 Å². The van der Waals surface area contributed by atoms with E-state index in [0.717, 1.165) is 29.7 Å². The Bertz CT molecular complexity index is 876. The van der Waals surface area contributed by atoms with Gasteiger partial charge in [0.15, 0.2) is 0 Å². The van der Waals surface area contributed by atoms with Crippen LogP contribution in [0.2, 0.25) is 0 Å². The summed E-state index contributed by atoms with van der Waals surface area (Å²) in [5.41, 5.74) is 2.94. The van der Waals surface area contributed by atoms with Crippen LogP contribution < -0.4 is 5.32 Å². The summed E-state index contributed by atoms with van der Waals surface area (Å²) in [6, 6.07) is 8.86. The number of carbonyl (C=O) groups is 1. The summed E-state index contributed by atoms with van der Waals surface area (Å²) < 4.78 is 27.7. The normalized spacial score (nSPS) is 18.6. The largest absolute Gasteiger partial charge is 0.326 e. The molecule has 1 N–H and O–H groups in total. The van der Waals surface area contributed by atoms with Gasteiger partial charge in [-0.15, -0.1) is 11.3 Å². The maximum atomic E-state index is 12.9. The van der Waals surface area contributed by atoms with Gasteiger partial charge in [0.05, 0.1) is 0 Å². The highest BCUT2D eigenvalue weighted by Crippen LogP contribution is 2.29. The van der Waals surface area contributed by atoms with E-state index in [1.54, 1.807) is 17.5 Å². The van der Waals surface area contributed by atoms with E-state index in [0.29, 0.717) is 17.2 Å². The highest BCUT2D eigenvalue weighted by molar-refractivity contribution is 7.91. The van der Waals surface area contributed by atoms with Crippen molar-refractivity contribution in [1.29, 1.82) is 0 Å². The molecule has 2 aromatic rings. The van der Waals surface area contributed by atoms with Crippen molar-refractivity contribution in [3.8, 4) is 0 Å². The standard InChI is InChI=1S/C19H24N2O3S2/c1-14-7-5-9-17(15(14)2)20-18(22)13-16-8-3-4-11-21(16)26(23,24)19-10-6-12-25-19/h5-7,9-10,12,16H,3-4,8,11,13H2,1-2H3,(H,20,22)/t16-/m0/s1. The molecule has 5 nitrogen and oxygen atoms in total. The van der Waals surface area contributed by atoms with Crippen LogP contribution in [-0.4, -0.2) is 31.2 Å². The van der Waals surface area contributed by atoms with Crippen LogP contribution in [0.4, 0.5) is 5.69 Å². The first kappa shape index (κ1) is 19.1. The smallest absolute Gasteiger partial charge is 0.252 e. The van der Waals surface area contributed by atoms with E-state index in [-0.39, 0.29) is 18.4 Å². The van der Waals surface area contributed by atoms with Crippen molar-refractivity contribution in [2.75, 3.05) is 11.9 Å². The molecule has 0 saturated carbocycles. The zero-order valence-corrected chi connectivity index (χ0v) is 16.7. The molecule has 1 aliphatic heterocycles. The molecule has 0 aliphatic carbocycles. The first-order chi connectivity index (χ1) is 12.4. The Balaban J connectivity index is 1.74. The maximum Gasteiger partial charge on any atom is 0.252 e. The van der Waals surface area contributed by atoms with E-state index >= 15 is 0 Å². The summed E-state index contributed by atoms with van der Waals surface area (Å²) >= 11 is 1.22. The third-order valence-electron chi connectivity index (χ3n) is 4.93. The average Bonchev–Trinajstić information content (AvgIpc) is 3.15. The number of nitrogens with zero attached hydrogens (tertiary/aromatic N) is 1. The molecular formula is C19H24N2O3S2. The lowest BCUT2D eigenvalue weighted by Gasteiger charge is -2.34. The molecule has 3 rings (SSSR count). The lowest BCUT2D eigenvalue weighted by Crippen LogP contribution is -2.45. The second-order valence-corrected chi connectivity index (χ2v) is 9.76. The minimum absolute atomic E-state index is 0.142. The lowest BCUT2D eigenvalue weighted by atomic mass is 10.0. The molecule has 0 unspecified atom stereocenters. The van der Waals surface area contributed by atoms with Crippen molar-refractivity contribution in [2.24, 2.45) is 0 Å². The molecule has 1 amide bonds. The summed E-state index contributed by atoms with van der Waals surface area (Å²) in [4.78, 5) is 12.6. The zero-order chi connectivity index (χ0) is 18.7. The topological polar surface area (TPSA) is 66.5 Å². The lowest BCUT2D eigenvalue weighted by molar-refractivity contribution is -0.117. The summed E-state index contributed by atoms with van der Waals surface area (Å²) in [6.45, 7) is 4.45. The van der Waals surface area contributed by atoms with Crippen molar-refractivity contribution in [3.05, 3.63) is 46.8 Å². The van der Waals surface area contributed by atoms with Gasteiger partial charge >= 0.3 is 0 Å². The summed E-state index contributed by atoms with van der Waals surface area (Å²) in [5.74, 6) is -0.142. The number of hydrogen-bond donors (Lipinski definition) is 1. The van der Waals surface area contributed by atoms with Crippen molar-refractivity contribution >= 4 is 33.0 Å². The number of aryl methyl sites for hydroxylation is 1. The fraction of sp³-hybridized carbons (Fsp3) is 0.421. The summed E-state index contributed by atoms with van der Waals surface area (Å²) in [7, 11) is -3.53. The number of rotatable bonds is 5. The molecule has 0 bridgehead atoms. The number of hydrogen-bond acceptors (Lipinski definition) is 4. The quantitative estimate of drug-likeness (QED) is 0.838. The molecular weight excluding hydrogens is 368 g/mol. The van der Waals surface area contributed by atoms with E-state index in [1.807, 2.05) is 32.0 Å². The molecule has 1 atom stereocenters. The molecule has 26 heavy (non-hydrogen) atoms. The van der Waals surface area contributed by atoms with Gasteiger partial charge in [0.1, 0.15) is 4.21 Å². The minimum Gasteiger partial charge on any atom is -0.326 e. The number of sulfonamides is 1. The third kappa shape index (κ3) is 4.00. The van der Waals surface area contributed by atoms with Crippen LogP contribution in [0.25, 0.3) is 0 Å². The van der Waals surface area contributed by atoms with E-state index in [4.69, 9.17) is 0 Å². The molecule has 1 aromatic carbocycles. The van der Waals surface area contributed by atoms with Crippen molar-refractivity contribution in [1.82, 2.24) is 4.31 Å². The van der Waals surface area contributed by atoms with Crippen LogP contribution in [0.1, 0.15) is 36.8 Å². The summed E-state index contributed by atoms with van der Waals surface area (Å²) in [6.07, 6.45) is 2.67. The van der Waals surface area contributed by atoms with Gasteiger partial charge in [0.25, 0.3) is 10.0 Å². The van der Waals surface area contributed by atoms with E-state index < -0.39 is 10.0 Å². The van der Waals surface area contributed by atoms with Gasteiger partial charge < -0.3 is 5.32 Å². The molecule has 1 aliphatic rings. The Morgan fingerprint density at radius 2 is 2.04 bits per heavy atom. The Labute approximate surface area is 159 Å². The van der Waals surface area contributed by atoms with Crippen LogP contribution in [0.3, 0.4) is 0 Å². The number of thiophene rings is 1. The molecule has 2 heterocycles. The number of benzene rings is 1. The number of nitrogens with one attached hydrogen (secondary N) is 1. The van der Waals surface area contributed by atoms with E-state index in [1.165, 1.54) is 15.6 Å². The van der Waals surface area contributed by atoms with Crippen LogP contribution >= 0.6 is 11.3 Å². The Hall–Kier alpha value is -1.70. The Morgan fingerprint density at radius 1 is 1.23 bits per heavy atom. The Kier molecular flexibility index (Phi) is 5.79. The van der Waals surface area contributed by atoms with Gasteiger partial charge in [-0.25, -0.2) is 8.42 Å². The SMILES string of the molecule is Cc1cccc(NC(=O)C[C@@H]2CCCCN2S(=O)(=O)c2cccs2)c1C. The molecule has 1 saturated heterocycles. The van der Waals surface area contributed by atoms with E-state index in [9.17, 15) is 13.2 Å². The fourth-order valence-electron chi connectivity index (χ4n) is 3.32. The predicted molar refractivity (Wildman–Crippen MR) is 105 cm³/mol. The van der Waals surface area contributed by atoms with Gasteiger partial charge in [0.2, 0.25) is 5.91 Å². The molecule has 1 fully saturated rings. The second-order valence-electron chi connectivity index (χ2n) is 6.70. The number of anilines is 1. The highest BCUT2D eigenvalue weighted by atomic mass is 32.2. The first-order valence-electron chi connectivity index (χ1n) is 8.81. The summed E-state index contributed by atoms with van der Waals surface area (Å²) in [5, 5.41) is 4.71. The van der Waals surface area contributed by atoms with Gasteiger partial charge in [-0.3, -0.25) is 4.79 Å². The number of amides is 1. The van der Waals surface area contributed by atoms with Crippen LogP contribution in [-0.2, 0) is 14.8 Å². The highest BCUT2D eigenvalue weighted by Gasteiger charge is 2.35. The molecule has 0 spiro atoms. The van der Waals surface area contributed by atoms with Crippen molar-refractivity contribution in [3.63, 3.8) is 0 Å². The molecule has 140 valence electrons. The predicted octanol–water partition coefficient (Wildman–Crippen LogP) is 3.94. The Morgan fingerprint density at radius 3 is 2.77 bits per heavy atom. The van der Waals surface area contributed by atoms with Crippen LogP contribution in [0, 0.1) is 13.8 Å². The first-order valence-corrected chi connectivity index (χ1v) is 11.1. The zero-order valence-electron chi connectivity index (χ0n) is 15.1. The van der Waals surface area contributed by atoms with Crippen molar-refractivity contribution < 1.29 is 13.2 Å².